The highest BCUT2D eigenvalue weighted by molar-refractivity contribution is 5.83. The van der Waals surface area contributed by atoms with Crippen LogP contribution in [-0.4, -0.2) is 25.3 Å². The summed E-state index contributed by atoms with van der Waals surface area (Å²) in [4.78, 5) is 11.6. The van der Waals surface area contributed by atoms with Crippen LogP contribution in [-0.2, 0) is 25.6 Å². The molecule has 0 bridgehead atoms. The molecule has 0 spiro atoms. The van der Waals surface area contributed by atoms with Crippen molar-refractivity contribution in [1.29, 1.82) is 0 Å². The average Bonchev–Trinajstić information content (AvgIpc) is 2.47. The van der Waals surface area contributed by atoms with E-state index in [1.54, 1.807) is 7.11 Å². The van der Waals surface area contributed by atoms with E-state index in [-0.39, 0.29) is 24.1 Å². The molecule has 0 amide bonds. The molecular formula is C17H22O4. The predicted molar refractivity (Wildman–Crippen MR) is 79.4 cm³/mol. The number of benzene rings is 1. The number of esters is 1. The summed E-state index contributed by atoms with van der Waals surface area (Å²) in [6.07, 6.45) is 1.49. The van der Waals surface area contributed by atoms with Crippen molar-refractivity contribution < 1.29 is 19.0 Å². The van der Waals surface area contributed by atoms with Gasteiger partial charge in [0.1, 0.15) is 11.9 Å². The zero-order valence-electron chi connectivity index (χ0n) is 12.7. The minimum absolute atomic E-state index is 0.159. The van der Waals surface area contributed by atoms with E-state index in [0.29, 0.717) is 18.8 Å². The maximum Gasteiger partial charge on any atom is 0.334 e. The average molecular weight is 290 g/mol. The first-order chi connectivity index (χ1) is 10.1. The summed E-state index contributed by atoms with van der Waals surface area (Å²) in [6.45, 7) is 4.63. The van der Waals surface area contributed by atoms with Crippen LogP contribution >= 0.6 is 0 Å². The first-order valence-electron chi connectivity index (χ1n) is 7.21. The molecule has 1 aliphatic heterocycles. The Kier molecular flexibility index (Phi) is 5.39. The van der Waals surface area contributed by atoms with Gasteiger partial charge in [-0.3, -0.25) is 0 Å². The first kappa shape index (κ1) is 15.6. The van der Waals surface area contributed by atoms with Gasteiger partial charge >= 0.3 is 5.97 Å². The Morgan fingerprint density at radius 2 is 2.00 bits per heavy atom. The van der Waals surface area contributed by atoms with Gasteiger partial charge in [0.25, 0.3) is 0 Å². The van der Waals surface area contributed by atoms with Crippen LogP contribution in [0.1, 0.15) is 25.8 Å². The van der Waals surface area contributed by atoms with Gasteiger partial charge < -0.3 is 14.2 Å². The van der Waals surface area contributed by atoms with E-state index in [2.05, 4.69) is 13.8 Å². The van der Waals surface area contributed by atoms with Gasteiger partial charge in [-0.2, -0.15) is 0 Å². The molecule has 0 radical (unpaired) electrons. The number of carbonyl (C=O) groups excluding carboxylic acids is 1. The van der Waals surface area contributed by atoms with E-state index >= 15 is 0 Å². The van der Waals surface area contributed by atoms with Crippen molar-refractivity contribution >= 4 is 5.97 Å². The van der Waals surface area contributed by atoms with E-state index in [0.717, 1.165) is 5.56 Å². The zero-order chi connectivity index (χ0) is 15.2. The lowest BCUT2D eigenvalue weighted by molar-refractivity contribution is -0.159. The number of rotatable bonds is 6. The van der Waals surface area contributed by atoms with E-state index in [9.17, 15) is 4.79 Å². The molecule has 1 heterocycles. The fraction of sp³-hybridized carbons (Fsp3) is 0.471. The maximum absolute atomic E-state index is 11.6. The molecule has 0 N–H and O–H groups in total. The molecule has 0 fully saturated rings. The fourth-order valence-corrected chi connectivity index (χ4v) is 2.43. The van der Waals surface area contributed by atoms with Gasteiger partial charge in [-0.25, -0.2) is 4.79 Å². The van der Waals surface area contributed by atoms with Crippen molar-refractivity contribution in [2.75, 3.05) is 7.11 Å². The van der Waals surface area contributed by atoms with E-state index in [1.807, 2.05) is 30.3 Å². The van der Waals surface area contributed by atoms with Crippen molar-refractivity contribution in [1.82, 2.24) is 0 Å². The Bertz CT molecular complexity index is 493. The van der Waals surface area contributed by atoms with Crippen LogP contribution in [0, 0.1) is 5.92 Å². The van der Waals surface area contributed by atoms with Gasteiger partial charge in [0.05, 0.1) is 25.9 Å². The molecule has 114 valence electrons. The van der Waals surface area contributed by atoms with Crippen LogP contribution in [0.15, 0.2) is 42.2 Å². The normalized spacial score (nSPS) is 19.9. The molecule has 0 aromatic heterocycles. The highest BCUT2D eigenvalue weighted by Gasteiger charge is 2.32. The van der Waals surface area contributed by atoms with Crippen molar-refractivity contribution in [2.45, 2.75) is 39.1 Å². The Morgan fingerprint density at radius 3 is 2.62 bits per heavy atom. The van der Waals surface area contributed by atoms with Gasteiger partial charge in [0.15, 0.2) is 0 Å². The smallest absolute Gasteiger partial charge is 0.334 e. The van der Waals surface area contributed by atoms with E-state index in [4.69, 9.17) is 14.2 Å². The quantitative estimate of drug-likeness (QED) is 0.755. The van der Waals surface area contributed by atoms with Crippen molar-refractivity contribution in [3.8, 4) is 0 Å². The molecule has 4 nitrogen and oxygen atoms in total. The van der Waals surface area contributed by atoms with Crippen LogP contribution in [0.25, 0.3) is 0 Å². The highest BCUT2D eigenvalue weighted by Crippen LogP contribution is 2.25. The molecule has 21 heavy (non-hydrogen) atoms. The minimum atomic E-state index is -0.364. The summed E-state index contributed by atoms with van der Waals surface area (Å²) in [6, 6.07) is 9.97. The van der Waals surface area contributed by atoms with Crippen molar-refractivity contribution in [2.24, 2.45) is 5.92 Å². The Hall–Kier alpha value is -1.81. The molecular weight excluding hydrogens is 268 g/mol. The standard InChI is InChI=1S/C17H22O4/c1-12(2)17(20-11-13-7-5-4-6-8-13)15-9-14(19-3)10-16(18)21-15/h4-8,10,12,15,17H,9,11H2,1-3H3/t15-,17+/m1/s1. The van der Waals surface area contributed by atoms with Crippen molar-refractivity contribution in [3.63, 3.8) is 0 Å². The van der Waals surface area contributed by atoms with Crippen LogP contribution in [0.4, 0.5) is 0 Å². The molecule has 0 saturated carbocycles. The SMILES string of the molecule is COC1=CC(=O)O[C@@H]([C@@H](OCc2ccccc2)C(C)C)C1. The van der Waals surface area contributed by atoms with Crippen LogP contribution < -0.4 is 0 Å². The summed E-state index contributed by atoms with van der Waals surface area (Å²) >= 11 is 0. The fourth-order valence-electron chi connectivity index (χ4n) is 2.43. The van der Waals surface area contributed by atoms with Crippen molar-refractivity contribution in [3.05, 3.63) is 47.7 Å². The molecule has 1 aromatic rings. The lowest BCUT2D eigenvalue weighted by atomic mass is 9.97. The number of cyclic esters (lactones) is 1. The Balaban J connectivity index is 2.02. The predicted octanol–water partition coefficient (Wildman–Crippen LogP) is 3.07. The second-order valence-corrected chi connectivity index (χ2v) is 5.50. The second kappa shape index (κ2) is 7.27. The van der Waals surface area contributed by atoms with Gasteiger partial charge in [0.2, 0.25) is 0 Å². The topological polar surface area (TPSA) is 44.8 Å². The van der Waals surface area contributed by atoms with Crippen LogP contribution in [0.5, 0.6) is 0 Å². The minimum Gasteiger partial charge on any atom is -0.501 e. The summed E-state index contributed by atoms with van der Waals surface area (Å²) < 4.78 is 16.6. The molecule has 2 atom stereocenters. The summed E-state index contributed by atoms with van der Waals surface area (Å²) in [5.74, 6) is 0.519. The van der Waals surface area contributed by atoms with E-state index in [1.165, 1.54) is 6.08 Å². The molecule has 0 unspecified atom stereocenters. The van der Waals surface area contributed by atoms with E-state index < -0.39 is 0 Å². The third kappa shape index (κ3) is 4.33. The lowest BCUT2D eigenvalue weighted by Crippen LogP contribution is -2.39. The molecule has 1 aliphatic rings. The number of hydrogen-bond donors (Lipinski definition) is 0. The number of ether oxygens (including phenoxy) is 3. The molecule has 2 rings (SSSR count). The van der Waals surface area contributed by atoms with Crippen LogP contribution in [0.3, 0.4) is 0 Å². The third-order valence-corrected chi connectivity index (χ3v) is 3.52. The number of methoxy groups -OCH3 is 1. The lowest BCUT2D eigenvalue weighted by Gasteiger charge is -2.32. The molecule has 0 aliphatic carbocycles. The number of carbonyl (C=O) groups is 1. The van der Waals surface area contributed by atoms with Crippen LogP contribution in [0.2, 0.25) is 0 Å². The van der Waals surface area contributed by atoms with Gasteiger partial charge in [-0.15, -0.1) is 0 Å². The molecule has 0 saturated heterocycles. The molecule has 4 heteroatoms. The largest absolute Gasteiger partial charge is 0.501 e. The molecule has 1 aromatic carbocycles. The Morgan fingerprint density at radius 1 is 1.29 bits per heavy atom. The summed E-state index contributed by atoms with van der Waals surface area (Å²) in [7, 11) is 1.57. The zero-order valence-corrected chi connectivity index (χ0v) is 12.7. The monoisotopic (exact) mass is 290 g/mol. The van der Waals surface area contributed by atoms with Gasteiger partial charge in [0, 0.05) is 6.42 Å². The number of hydrogen-bond acceptors (Lipinski definition) is 4. The van der Waals surface area contributed by atoms with Gasteiger partial charge in [-0.1, -0.05) is 44.2 Å². The second-order valence-electron chi connectivity index (χ2n) is 5.50. The maximum atomic E-state index is 11.6. The Labute approximate surface area is 125 Å². The van der Waals surface area contributed by atoms with Gasteiger partial charge in [-0.05, 0) is 11.5 Å². The summed E-state index contributed by atoms with van der Waals surface area (Å²) in [5, 5.41) is 0. The summed E-state index contributed by atoms with van der Waals surface area (Å²) in [5.41, 5.74) is 1.10. The highest BCUT2D eigenvalue weighted by atomic mass is 16.6. The first-order valence-corrected chi connectivity index (χ1v) is 7.21. The third-order valence-electron chi connectivity index (χ3n) is 3.52.